The SMILES string of the molecule is CC[C@H](C(=O)N[C@@H](C)CC)N(Cc1ccc(Cl)cc1Cl)C(=O)CN(c1ccc(F)c(Cl)c1)S(C)(=O)=O. The number of hydrogen-bond acceptors (Lipinski definition) is 4. The molecule has 0 spiro atoms. The Balaban J connectivity index is 2.50. The maximum atomic E-state index is 13.7. The molecule has 2 amide bonds. The minimum atomic E-state index is -3.98. The molecular formula is C24H29Cl3FN3O4S. The number of hydrogen-bond donors (Lipinski definition) is 1. The minimum absolute atomic E-state index is 0.0128. The van der Waals surface area contributed by atoms with Crippen LogP contribution in [0.2, 0.25) is 15.1 Å². The highest BCUT2D eigenvalue weighted by Gasteiger charge is 2.32. The second kappa shape index (κ2) is 12.9. The largest absolute Gasteiger partial charge is 0.352 e. The van der Waals surface area contributed by atoms with Gasteiger partial charge in [-0.25, -0.2) is 12.8 Å². The van der Waals surface area contributed by atoms with E-state index in [1.165, 1.54) is 17.0 Å². The Bertz CT molecular complexity index is 1210. The van der Waals surface area contributed by atoms with Crippen LogP contribution in [0.4, 0.5) is 10.1 Å². The Hall–Kier alpha value is -2.07. The van der Waals surface area contributed by atoms with E-state index >= 15 is 0 Å². The maximum Gasteiger partial charge on any atom is 0.244 e. The van der Waals surface area contributed by atoms with Crippen LogP contribution in [0.3, 0.4) is 0 Å². The van der Waals surface area contributed by atoms with Crippen LogP contribution in [0.15, 0.2) is 36.4 Å². The number of carbonyl (C=O) groups is 2. The van der Waals surface area contributed by atoms with Crippen LogP contribution in [0.1, 0.15) is 39.2 Å². The quantitative estimate of drug-likeness (QED) is 0.392. The molecule has 2 atom stereocenters. The van der Waals surface area contributed by atoms with E-state index in [1.807, 2.05) is 13.8 Å². The van der Waals surface area contributed by atoms with Crippen molar-refractivity contribution in [3.63, 3.8) is 0 Å². The van der Waals surface area contributed by atoms with Gasteiger partial charge in [-0.1, -0.05) is 54.7 Å². The van der Waals surface area contributed by atoms with Gasteiger partial charge in [0.2, 0.25) is 21.8 Å². The molecule has 2 rings (SSSR count). The standard InChI is InChI=1S/C24H29Cl3FN3O4S/c1-5-15(3)29-24(33)22(6-2)30(13-16-7-8-17(25)11-19(16)26)23(32)14-31(36(4,34)35)18-9-10-21(28)20(27)12-18/h7-12,15,22H,5-6,13-14H2,1-4H3,(H,29,33)/t15-,22+/m0/s1. The summed E-state index contributed by atoms with van der Waals surface area (Å²) in [6.07, 6.45) is 1.87. The van der Waals surface area contributed by atoms with Gasteiger partial charge in [0, 0.05) is 22.6 Å². The normalized spacial score (nSPS) is 13.1. The number of rotatable bonds is 11. The van der Waals surface area contributed by atoms with Crippen molar-refractivity contribution in [2.75, 3.05) is 17.1 Å². The first-order chi connectivity index (χ1) is 16.8. The lowest BCUT2D eigenvalue weighted by Crippen LogP contribution is -2.53. The molecule has 0 aliphatic heterocycles. The Labute approximate surface area is 226 Å². The first-order valence-electron chi connectivity index (χ1n) is 11.2. The average molecular weight is 581 g/mol. The maximum absolute atomic E-state index is 13.7. The lowest BCUT2D eigenvalue weighted by atomic mass is 10.1. The third kappa shape index (κ3) is 7.96. The number of amides is 2. The number of nitrogens with zero attached hydrogens (tertiary/aromatic N) is 2. The van der Waals surface area contributed by atoms with E-state index in [-0.39, 0.29) is 35.6 Å². The molecule has 0 aromatic heterocycles. The molecule has 2 aromatic rings. The topological polar surface area (TPSA) is 86.8 Å². The monoisotopic (exact) mass is 579 g/mol. The van der Waals surface area contributed by atoms with E-state index in [9.17, 15) is 22.4 Å². The molecular weight excluding hydrogens is 552 g/mol. The van der Waals surface area contributed by atoms with Crippen LogP contribution in [-0.4, -0.2) is 50.0 Å². The fourth-order valence-electron chi connectivity index (χ4n) is 3.45. The third-order valence-corrected chi connectivity index (χ3v) is 7.63. The van der Waals surface area contributed by atoms with Crippen molar-refractivity contribution in [1.29, 1.82) is 0 Å². The van der Waals surface area contributed by atoms with Gasteiger partial charge < -0.3 is 10.2 Å². The summed E-state index contributed by atoms with van der Waals surface area (Å²) >= 11 is 18.2. The van der Waals surface area contributed by atoms with Gasteiger partial charge in [0.05, 0.1) is 17.0 Å². The van der Waals surface area contributed by atoms with E-state index in [1.54, 1.807) is 19.1 Å². The van der Waals surface area contributed by atoms with Crippen LogP contribution in [0.25, 0.3) is 0 Å². The van der Waals surface area contributed by atoms with Gasteiger partial charge in [0.25, 0.3) is 0 Å². The van der Waals surface area contributed by atoms with Gasteiger partial charge in [-0.2, -0.15) is 0 Å². The molecule has 0 fully saturated rings. The van der Waals surface area contributed by atoms with E-state index in [4.69, 9.17) is 34.8 Å². The summed E-state index contributed by atoms with van der Waals surface area (Å²) in [4.78, 5) is 28.0. The summed E-state index contributed by atoms with van der Waals surface area (Å²) in [7, 11) is -3.98. The molecule has 36 heavy (non-hydrogen) atoms. The van der Waals surface area contributed by atoms with Crippen LogP contribution < -0.4 is 9.62 Å². The summed E-state index contributed by atoms with van der Waals surface area (Å²) in [5, 5.41) is 3.28. The zero-order chi connectivity index (χ0) is 27.2. The van der Waals surface area contributed by atoms with Crippen molar-refractivity contribution < 1.29 is 22.4 Å². The van der Waals surface area contributed by atoms with Crippen molar-refractivity contribution in [2.24, 2.45) is 0 Å². The number of anilines is 1. The summed E-state index contributed by atoms with van der Waals surface area (Å²) < 4.78 is 39.7. The molecule has 0 aliphatic rings. The van der Waals surface area contributed by atoms with Crippen LogP contribution in [0.5, 0.6) is 0 Å². The summed E-state index contributed by atoms with van der Waals surface area (Å²) in [5.74, 6) is -1.76. The predicted octanol–water partition coefficient (Wildman–Crippen LogP) is 5.27. The predicted molar refractivity (Wildman–Crippen MR) is 143 cm³/mol. The third-order valence-electron chi connectivity index (χ3n) is 5.61. The van der Waals surface area contributed by atoms with Gasteiger partial charge in [0.1, 0.15) is 18.4 Å². The van der Waals surface area contributed by atoms with Crippen molar-refractivity contribution >= 4 is 62.3 Å². The van der Waals surface area contributed by atoms with E-state index < -0.39 is 34.3 Å². The number of halogens is 4. The molecule has 0 heterocycles. The second-order valence-corrected chi connectivity index (χ2v) is 11.5. The Morgan fingerprint density at radius 2 is 1.69 bits per heavy atom. The number of nitrogens with one attached hydrogen (secondary N) is 1. The van der Waals surface area contributed by atoms with Gasteiger partial charge in [-0.15, -0.1) is 0 Å². The highest BCUT2D eigenvalue weighted by Crippen LogP contribution is 2.27. The fourth-order valence-corrected chi connectivity index (χ4v) is 4.93. The first-order valence-corrected chi connectivity index (χ1v) is 14.2. The second-order valence-electron chi connectivity index (χ2n) is 8.37. The number of carbonyl (C=O) groups excluding carboxylic acids is 2. The van der Waals surface area contributed by atoms with Gasteiger partial charge in [-0.3, -0.25) is 13.9 Å². The lowest BCUT2D eigenvalue weighted by Gasteiger charge is -2.33. The summed E-state index contributed by atoms with van der Waals surface area (Å²) in [6, 6.07) is 7.08. The molecule has 0 saturated carbocycles. The molecule has 12 heteroatoms. The van der Waals surface area contributed by atoms with E-state index in [0.717, 1.165) is 22.7 Å². The highest BCUT2D eigenvalue weighted by atomic mass is 35.5. The van der Waals surface area contributed by atoms with Crippen LogP contribution in [0, 0.1) is 5.82 Å². The summed E-state index contributed by atoms with van der Waals surface area (Å²) in [6.45, 7) is 4.80. The number of sulfonamides is 1. The molecule has 0 aliphatic carbocycles. The van der Waals surface area contributed by atoms with E-state index in [2.05, 4.69) is 5.32 Å². The zero-order valence-electron chi connectivity index (χ0n) is 20.4. The van der Waals surface area contributed by atoms with E-state index in [0.29, 0.717) is 22.0 Å². The molecule has 198 valence electrons. The molecule has 2 aromatic carbocycles. The zero-order valence-corrected chi connectivity index (χ0v) is 23.5. The molecule has 1 N–H and O–H groups in total. The van der Waals surface area contributed by atoms with Gasteiger partial charge in [-0.05, 0) is 55.7 Å². The van der Waals surface area contributed by atoms with Crippen LogP contribution in [-0.2, 0) is 26.2 Å². The molecule has 0 saturated heterocycles. The van der Waals surface area contributed by atoms with Gasteiger partial charge >= 0.3 is 0 Å². The molecule has 0 bridgehead atoms. The first kappa shape index (κ1) is 30.2. The molecule has 0 radical (unpaired) electrons. The molecule has 7 nitrogen and oxygen atoms in total. The lowest BCUT2D eigenvalue weighted by molar-refractivity contribution is -0.140. The van der Waals surface area contributed by atoms with Gasteiger partial charge in [0.15, 0.2) is 0 Å². The summed E-state index contributed by atoms with van der Waals surface area (Å²) in [5.41, 5.74) is 0.541. The van der Waals surface area contributed by atoms with Crippen molar-refractivity contribution in [1.82, 2.24) is 10.2 Å². The molecule has 0 unspecified atom stereocenters. The smallest absolute Gasteiger partial charge is 0.244 e. The Kier molecular flexibility index (Phi) is 10.8. The Morgan fingerprint density at radius 1 is 1.03 bits per heavy atom. The fraction of sp³-hybridized carbons (Fsp3) is 0.417. The van der Waals surface area contributed by atoms with Crippen molar-refractivity contribution in [3.8, 4) is 0 Å². The number of benzene rings is 2. The highest BCUT2D eigenvalue weighted by molar-refractivity contribution is 7.92. The Morgan fingerprint density at radius 3 is 2.22 bits per heavy atom. The van der Waals surface area contributed by atoms with Crippen molar-refractivity contribution in [2.45, 2.75) is 52.2 Å². The van der Waals surface area contributed by atoms with Crippen molar-refractivity contribution in [3.05, 3.63) is 62.8 Å². The average Bonchev–Trinajstić information content (AvgIpc) is 2.79. The minimum Gasteiger partial charge on any atom is -0.352 e. The van der Waals surface area contributed by atoms with Crippen LogP contribution >= 0.6 is 34.8 Å².